The van der Waals surface area contributed by atoms with E-state index in [4.69, 9.17) is 23.2 Å². The number of nitrogens with zero attached hydrogens (tertiary/aromatic N) is 6. The number of nitrogens with one attached hydrogen (secondary N) is 3. The van der Waals surface area contributed by atoms with Gasteiger partial charge in [0.25, 0.3) is 11.1 Å². The number of phenols is 1. The van der Waals surface area contributed by atoms with Crippen molar-refractivity contribution in [2.75, 3.05) is 14.1 Å². The van der Waals surface area contributed by atoms with Gasteiger partial charge in [0.15, 0.2) is 11.4 Å². The zero-order valence-electron chi connectivity index (χ0n) is 31.1. The molecule has 0 saturated heterocycles. The summed E-state index contributed by atoms with van der Waals surface area (Å²) in [4.78, 5) is 25.1. The number of hydrogen-bond acceptors (Lipinski definition) is 12. The molecule has 0 aliphatic carbocycles. The van der Waals surface area contributed by atoms with E-state index in [0.717, 1.165) is 16.9 Å². The minimum atomic E-state index is -3.75. The monoisotopic (exact) mass is 924 g/mol. The Bertz CT molecular complexity index is 2630. The van der Waals surface area contributed by atoms with Crippen molar-refractivity contribution in [2.24, 2.45) is 20.5 Å². The van der Waals surface area contributed by atoms with Crippen molar-refractivity contribution in [1.82, 2.24) is 24.3 Å². The van der Waals surface area contributed by atoms with E-state index in [1.165, 1.54) is 47.7 Å². The van der Waals surface area contributed by atoms with Gasteiger partial charge in [-0.25, -0.2) is 27.2 Å². The molecule has 0 amide bonds. The fraction of sp³-hybridized carbons (Fsp3) is 0.118. The van der Waals surface area contributed by atoms with Crippen LogP contribution in [-0.2, 0) is 36.8 Å². The maximum Gasteiger partial charge on any atom is 1.00 e. The molecule has 6 N–H and O–H groups in total. The Kier molecular flexibility index (Phi) is 16.6. The first-order valence-electron chi connectivity index (χ1n) is 16.1. The van der Waals surface area contributed by atoms with Gasteiger partial charge in [0.1, 0.15) is 16.3 Å². The summed E-state index contributed by atoms with van der Waals surface area (Å²) in [5, 5.41) is 44.2. The number of phenolic OH excluding ortho intramolecular Hbond substituents is 1. The fourth-order valence-corrected chi connectivity index (χ4v) is 6.63. The first-order valence-corrected chi connectivity index (χ1v) is 19.8. The number of nitrogens with two attached hydrogens (primary N) is 1. The summed E-state index contributed by atoms with van der Waals surface area (Å²) in [7, 11) is -4.69. The number of primary sulfonamides is 1. The summed E-state index contributed by atoms with van der Waals surface area (Å²) in [6.45, 7) is 3.27. The Labute approximate surface area is 373 Å². The van der Waals surface area contributed by atoms with Crippen LogP contribution in [0.15, 0.2) is 125 Å². The molecule has 0 aliphatic heterocycles. The molecule has 1 radical (unpaired) electrons. The number of aromatic hydroxyl groups is 1. The summed E-state index contributed by atoms with van der Waals surface area (Å²) >= 11 is 11.7. The van der Waals surface area contributed by atoms with Crippen molar-refractivity contribution >= 4 is 66.0 Å². The SMILES string of the molecule is CNS(=O)(=O)c1ccc([O-])c(N=Nc2c(C)[nH]n(-c3ccc(Cl)cc3)c2=O)c1.C[NH2+]S(=O)(=O)c1ccc(O)c(N=Nc2c(C)[nH]n(-c3ccc(Cl)cc3)c2=O)c1.[Co].[Na+]. The molecule has 4 aromatic carbocycles. The molecular weight excluding hydrogens is 893 g/mol. The van der Waals surface area contributed by atoms with Crippen LogP contribution in [0.5, 0.6) is 11.5 Å². The quantitative estimate of drug-likeness (QED) is 0.0994. The topological polar surface area (TPSA) is 265 Å². The maximum atomic E-state index is 12.6. The molecule has 0 spiro atoms. The minimum absolute atomic E-state index is 0. The maximum absolute atomic E-state index is 12.6. The second-order valence-corrected chi connectivity index (χ2v) is 16.4. The molecule has 0 fully saturated rings. The van der Waals surface area contributed by atoms with E-state index in [-0.39, 0.29) is 84.6 Å². The van der Waals surface area contributed by atoms with Gasteiger partial charge in [0.2, 0.25) is 10.0 Å². The van der Waals surface area contributed by atoms with Crippen LogP contribution in [0.4, 0.5) is 22.7 Å². The van der Waals surface area contributed by atoms with Crippen LogP contribution in [0.1, 0.15) is 11.4 Å². The number of H-pyrrole nitrogens is 2. The van der Waals surface area contributed by atoms with Gasteiger partial charge in [-0.15, -0.1) is 15.3 Å². The minimum Gasteiger partial charge on any atom is -0.871 e. The molecule has 18 nitrogen and oxygen atoms in total. The van der Waals surface area contributed by atoms with Crippen LogP contribution in [0.2, 0.25) is 10.0 Å². The molecule has 0 unspecified atom stereocenters. The summed E-state index contributed by atoms with van der Waals surface area (Å²) in [6.07, 6.45) is 0. The van der Waals surface area contributed by atoms with E-state index in [2.05, 4.69) is 35.4 Å². The van der Waals surface area contributed by atoms with Crippen molar-refractivity contribution in [3.05, 3.63) is 127 Å². The van der Waals surface area contributed by atoms with Gasteiger partial charge in [0, 0.05) is 26.8 Å². The van der Waals surface area contributed by atoms with Gasteiger partial charge in [-0.3, -0.25) is 19.8 Å². The first-order chi connectivity index (χ1) is 26.4. The normalized spacial score (nSPS) is 11.6. The summed E-state index contributed by atoms with van der Waals surface area (Å²) in [6, 6.07) is 20.2. The Morgan fingerprint density at radius 3 is 1.59 bits per heavy atom. The predicted molar refractivity (Wildman–Crippen MR) is 206 cm³/mol. The molecule has 6 rings (SSSR count). The van der Waals surface area contributed by atoms with Gasteiger partial charge in [-0.2, -0.15) is 13.5 Å². The molecule has 6 aromatic rings. The number of azo groups is 2. The predicted octanol–water partition coefficient (Wildman–Crippen LogP) is 1.66. The number of quaternary nitrogens is 1. The van der Waals surface area contributed by atoms with Crippen molar-refractivity contribution < 1.29 is 78.1 Å². The molecule has 0 saturated carbocycles. The summed E-state index contributed by atoms with van der Waals surface area (Å²) in [5.74, 6) is -0.782. The third kappa shape index (κ3) is 11.0. The number of benzene rings is 4. The first kappa shape index (κ1) is 48.0. The van der Waals surface area contributed by atoms with Crippen LogP contribution >= 0.6 is 23.2 Å². The smallest absolute Gasteiger partial charge is 0.871 e. The van der Waals surface area contributed by atoms with Crippen LogP contribution in [-0.4, -0.2) is 55.6 Å². The van der Waals surface area contributed by atoms with Crippen molar-refractivity contribution in [3.63, 3.8) is 0 Å². The number of halogens is 2. The molecule has 58 heavy (non-hydrogen) atoms. The van der Waals surface area contributed by atoms with E-state index in [1.807, 2.05) is 0 Å². The Morgan fingerprint density at radius 2 is 1.14 bits per heavy atom. The van der Waals surface area contributed by atoms with E-state index >= 15 is 0 Å². The molecule has 0 bridgehead atoms. The average Bonchev–Trinajstić information content (AvgIpc) is 3.62. The largest absolute Gasteiger partial charge is 1.00 e. The molecule has 24 heteroatoms. The molecule has 2 aromatic heterocycles. The third-order valence-electron chi connectivity index (χ3n) is 7.86. The summed E-state index contributed by atoms with van der Waals surface area (Å²) in [5.41, 5.74) is 0.822. The van der Waals surface area contributed by atoms with Gasteiger partial charge < -0.3 is 10.2 Å². The second-order valence-electron chi connectivity index (χ2n) is 11.6. The molecule has 2 heterocycles. The van der Waals surface area contributed by atoms with Gasteiger partial charge in [0.05, 0.1) is 40.4 Å². The van der Waals surface area contributed by atoms with Crippen LogP contribution in [0.25, 0.3) is 11.4 Å². The molecule has 301 valence electrons. The zero-order valence-corrected chi connectivity index (χ0v) is 37.2. The van der Waals surface area contributed by atoms with Gasteiger partial charge in [-0.05, 0) is 99.8 Å². The average molecular weight is 926 g/mol. The molecular formula is C34H32Cl2CoN10NaO8S2+. The van der Waals surface area contributed by atoms with Crippen molar-refractivity contribution in [3.8, 4) is 22.9 Å². The standard InChI is InChI=1S/2C17H16ClN5O4S.Co.Na/c2*1-10-16(17(25)23(22-10)12-5-3-11(18)4-6-12)21-20-14-9-13(7-8-15(14)24)28(26,27)19-2;;/h2*3-9,19,22,24H,1-2H3;;/q;;;+1. The van der Waals surface area contributed by atoms with Crippen LogP contribution < -0.4 is 55.2 Å². The van der Waals surface area contributed by atoms with Crippen LogP contribution in [0, 0.1) is 13.8 Å². The zero-order chi connectivity index (χ0) is 40.9. The number of rotatable bonds is 10. The fourth-order valence-electron chi connectivity index (χ4n) is 4.82. The van der Waals surface area contributed by atoms with Crippen molar-refractivity contribution in [2.45, 2.75) is 23.6 Å². The number of aromatic amines is 2. The Hall–Kier alpha value is -4.39. The van der Waals surface area contributed by atoms with Gasteiger partial charge >= 0.3 is 39.6 Å². The molecule has 0 atom stereocenters. The van der Waals surface area contributed by atoms with E-state index < -0.39 is 36.9 Å². The number of hydrogen-bond donors (Lipinski definition) is 5. The molecule has 0 aliphatic rings. The Morgan fingerprint density at radius 1 is 0.707 bits per heavy atom. The van der Waals surface area contributed by atoms with E-state index in [1.54, 1.807) is 62.4 Å². The van der Waals surface area contributed by atoms with Crippen molar-refractivity contribution in [1.29, 1.82) is 0 Å². The second kappa shape index (κ2) is 20.0. The summed E-state index contributed by atoms with van der Waals surface area (Å²) < 4.78 is 53.4. The number of aromatic nitrogens is 4. The number of sulfonamides is 2. The van der Waals surface area contributed by atoms with Gasteiger partial charge in [-0.1, -0.05) is 35.0 Å². The van der Waals surface area contributed by atoms with Crippen LogP contribution in [0.3, 0.4) is 0 Å². The number of aryl methyl sites for hydroxylation is 2. The van der Waals surface area contributed by atoms with E-state index in [9.17, 15) is 36.6 Å². The Balaban J connectivity index is 0.000000300. The van der Waals surface area contributed by atoms with E-state index in [0.29, 0.717) is 32.8 Å². The third-order valence-corrected chi connectivity index (χ3v) is 11.3.